The smallest absolute Gasteiger partial charge is 0.231 e. The predicted molar refractivity (Wildman–Crippen MR) is 115 cm³/mol. The van der Waals surface area contributed by atoms with Crippen LogP contribution in [-0.4, -0.2) is 29.0 Å². The van der Waals surface area contributed by atoms with Gasteiger partial charge in [0.15, 0.2) is 0 Å². The molecule has 2 aromatic heterocycles. The number of carbonyl (C=O) groups is 1. The highest BCUT2D eigenvalue weighted by atomic mass is 16.3. The van der Waals surface area contributed by atoms with Gasteiger partial charge in [-0.1, -0.05) is 6.07 Å². The third-order valence-electron chi connectivity index (χ3n) is 5.70. The monoisotopic (exact) mass is 392 g/mol. The number of carbonyl (C=O) groups excluding carboxylic acids is 1. The molecule has 1 saturated heterocycles. The number of anilines is 2. The Labute approximate surface area is 171 Å². The lowest BCUT2D eigenvalue weighted by atomic mass is 9.96. The van der Waals surface area contributed by atoms with Crippen LogP contribution >= 0.6 is 0 Å². The summed E-state index contributed by atoms with van der Waals surface area (Å²) in [6.07, 6.45) is 1.83. The van der Waals surface area contributed by atoms with Crippen molar-refractivity contribution in [3.63, 3.8) is 0 Å². The minimum atomic E-state index is -0.0804. The van der Waals surface area contributed by atoms with Gasteiger partial charge in [-0.05, 0) is 70.7 Å². The quantitative estimate of drug-likeness (QED) is 0.704. The van der Waals surface area contributed by atoms with Crippen LogP contribution in [0.5, 0.6) is 0 Å². The first-order valence-electron chi connectivity index (χ1n) is 10.2. The molecule has 1 aromatic carbocycles. The molecule has 1 amide bonds. The summed E-state index contributed by atoms with van der Waals surface area (Å²) >= 11 is 0. The number of aromatic nitrogens is 2. The number of rotatable bonds is 3. The Morgan fingerprint density at radius 3 is 2.55 bits per heavy atom. The van der Waals surface area contributed by atoms with Crippen LogP contribution in [0.15, 0.2) is 22.6 Å². The maximum atomic E-state index is 13.0. The van der Waals surface area contributed by atoms with E-state index in [-0.39, 0.29) is 11.8 Å². The van der Waals surface area contributed by atoms with E-state index >= 15 is 0 Å². The SMILES string of the molecule is Cc1cc(C)cc(NC(=O)[C@H]2CCCN(c3nc(C)nc4oc(C)c(C)c34)C2)c1. The van der Waals surface area contributed by atoms with Crippen LogP contribution in [0, 0.1) is 40.5 Å². The molecule has 152 valence electrons. The lowest BCUT2D eigenvalue weighted by Gasteiger charge is -2.33. The van der Waals surface area contributed by atoms with Gasteiger partial charge in [-0.15, -0.1) is 0 Å². The number of hydrogen-bond acceptors (Lipinski definition) is 5. The number of furan rings is 1. The van der Waals surface area contributed by atoms with E-state index in [0.29, 0.717) is 18.1 Å². The lowest BCUT2D eigenvalue weighted by molar-refractivity contribution is -0.120. The van der Waals surface area contributed by atoms with E-state index in [1.165, 1.54) is 0 Å². The van der Waals surface area contributed by atoms with Crippen molar-refractivity contribution in [3.05, 3.63) is 46.5 Å². The number of nitrogens with one attached hydrogen (secondary N) is 1. The van der Waals surface area contributed by atoms with Crippen molar-refractivity contribution in [2.75, 3.05) is 23.3 Å². The van der Waals surface area contributed by atoms with Crippen LogP contribution in [0.2, 0.25) is 0 Å². The van der Waals surface area contributed by atoms with Gasteiger partial charge in [0.05, 0.1) is 11.3 Å². The second-order valence-electron chi connectivity index (χ2n) is 8.21. The lowest BCUT2D eigenvalue weighted by Crippen LogP contribution is -2.41. The van der Waals surface area contributed by atoms with Crippen molar-refractivity contribution in [2.45, 2.75) is 47.5 Å². The molecule has 29 heavy (non-hydrogen) atoms. The molecule has 1 aliphatic heterocycles. The number of hydrogen-bond donors (Lipinski definition) is 1. The fourth-order valence-corrected chi connectivity index (χ4v) is 4.24. The molecule has 0 saturated carbocycles. The highest BCUT2D eigenvalue weighted by Gasteiger charge is 2.29. The number of benzene rings is 1. The topological polar surface area (TPSA) is 71.3 Å². The van der Waals surface area contributed by atoms with Gasteiger partial charge in [0.1, 0.15) is 17.4 Å². The molecule has 1 atom stereocenters. The molecule has 1 fully saturated rings. The van der Waals surface area contributed by atoms with E-state index in [1.54, 1.807) is 0 Å². The minimum Gasteiger partial charge on any atom is -0.443 e. The Hall–Kier alpha value is -2.89. The summed E-state index contributed by atoms with van der Waals surface area (Å²) in [5, 5.41) is 4.07. The van der Waals surface area contributed by atoms with Crippen molar-refractivity contribution in [2.24, 2.45) is 5.92 Å². The van der Waals surface area contributed by atoms with Crippen molar-refractivity contribution >= 4 is 28.5 Å². The summed E-state index contributed by atoms with van der Waals surface area (Å²) < 4.78 is 5.83. The Kier molecular flexibility index (Phi) is 5.03. The highest BCUT2D eigenvalue weighted by Crippen LogP contribution is 2.33. The number of piperidine rings is 1. The molecule has 0 aliphatic carbocycles. The first-order chi connectivity index (χ1) is 13.8. The second kappa shape index (κ2) is 7.50. The van der Waals surface area contributed by atoms with Gasteiger partial charge in [0.25, 0.3) is 0 Å². The normalized spacial score (nSPS) is 17.0. The van der Waals surface area contributed by atoms with Crippen molar-refractivity contribution in [3.8, 4) is 0 Å². The molecule has 1 N–H and O–H groups in total. The third-order valence-corrected chi connectivity index (χ3v) is 5.70. The molecule has 0 bridgehead atoms. The van der Waals surface area contributed by atoms with Crippen LogP contribution in [0.25, 0.3) is 11.1 Å². The van der Waals surface area contributed by atoms with Crippen LogP contribution in [0.1, 0.15) is 41.1 Å². The molecular weight excluding hydrogens is 364 g/mol. The molecule has 3 aromatic rings. The summed E-state index contributed by atoms with van der Waals surface area (Å²) in [7, 11) is 0. The van der Waals surface area contributed by atoms with Gasteiger partial charge in [-0.2, -0.15) is 4.98 Å². The zero-order valence-corrected chi connectivity index (χ0v) is 17.8. The van der Waals surface area contributed by atoms with Crippen LogP contribution in [0.3, 0.4) is 0 Å². The first kappa shape index (κ1) is 19.4. The van der Waals surface area contributed by atoms with Gasteiger partial charge in [0.2, 0.25) is 11.6 Å². The Morgan fingerprint density at radius 2 is 1.83 bits per heavy atom. The third kappa shape index (κ3) is 3.84. The molecular formula is C23H28N4O2. The average molecular weight is 393 g/mol. The second-order valence-corrected chi connectivity index (χ2v) is 8.21. The molecule has 0 radical (unpaired) electrons. The molecule has 3 heterocycles. The van der Waals surface area contributed by atoms with Crippen molar-refractivity contribution in [1.29, 1.82) is 0 Å². The highest BCUT2D eigenvalue weighted by molar-refractivity contribution is 5.94. The fourth-order valence-electron chi connectivity index (χ4n) is 4.24. The van der Waals surface area contributed by atoms with E-state index in [1.807, 2.05) is 46.8 Å². The molecule has 0 unspecified atom stereocenters. The van der Waals surface area contributed by atoms with E-state index in [9.17, 15) is 4.79 Å². The van der Waals surface area contributed by atoms with Gasteiger partial charge in [-0.3, -0.25) is 4.79 Å². The number of aryl methyl sites for hydroxylation is 5. The van der Waals surface area contributed by atoms with E-state index in [2.05, 4.69) is 21.3 Å². The number of nitrogens with zero attached hydrogens (tertiary/aromatic N) is 3. The number of fused-ring (bicyclic) bond motifs is 1. The van der Waals surface area contributed by atoms with E-state index in [4.69, 9.17) is 9.40 Å². The Balaban J connectivity index is 1.59. The molecule has 1 aliphatic rings. The van der Waals surface area contributed by atoms with Gasteiger partial charge < -0.3 is 14.6 Å². The molecule has 6 nitrogen and oxygen atoms in total. The maximum Gasteiger partial charge on any atom is 0.231 e. The largest absolute Gasteiger partial charge is 0.443 e. The average Bonchev–Trinajstić information content (AvgIpc) is 2.94. The zero-order chi connectivity index (χ0) is 20.7. The standard InChI is InChI=1S/C23H28N4O2/c1-13-9-14(2)11-19(10-13)26-22(28)18-7-6-8-27(12-18)21-20-15(3)16(4)29-23(20)25-17(5)24-21/h9-11,18H,6-8,12H2,1-5H3,(H,26,28)/t18-/m0/s1. The summed E-state index contributed by atoms with van der Waals surface area (Å²) in [5.41, 5.74) is 4.86. The van der Waals surface area contributed by atoms with Crippen molar-refractivity contribution < 1.29 is 9.21 Å². The fraction of sp³-hybridized carbons (Fsp3) is 0.435. The molecule has 4 rings (SSSR count). The van der Waals surface area contributed by atoms with Crippen LogP contribution < -0.4 is 10.2 Å². The summed E-state index contributed by atoms with van der Waals surface area (Å²) in [4.78, 5) is 24.4. The van der Waals surface area contributed by atoms with Gasteiger partial charge in [-0.25, -0.2) is 4.98 Å². The Morgan fingerprint density at radius 1 is 1.10 bits per heavy atom. The van der Waals surface area contributed by atoms with Gasteiger partial charge in [0, 0.05) is 24.3 Å². The van der Waals surface area contributed by atoms with Gasteiger partial charge >= 0.3 is 0 Å². The summed E-state index contributed by atoms with van der Waals surface area (Å²) in [6.45, 7) is 11.5. The van der Waals surface area contributed by atoms with E-state index in [0.717, 1.165) is 58.7 Å². The molecule has 0 spiro atoms. The summed E-state index contributed by atoms with van der Waals surface area (Å²) in [5.74, 6) is 2.42. The molecule has 6 heteroatoms. The Bertz CT molecular complexity index is 1070. The summed E-state index contributed by atoms with van der Waals surface area (Å²) in [6, 6.07) is 6.14. The van der Waals surface area contributed by atoms with Crippen molar-refractivity contribution in [1.82, 2.24) is 9.97 Å². The zero-order valence-electron chi connectivity index (χ0n) is 17.8. The minimum absolute atomic E-state index is 0.0711. The van der Waals surface area contributed by atoms with Crippen LogP contribution in [-0.2, 0) is 4.79 Å². The number of amides is 1. The van der Waals surface area contributed by atoms with E-state index < -0.39 is 0 Å². The first-order valence-corrected chi connectivity index (χ1v) is 10.2. The predicted octanol–water partition coefficient (Wildman–Crippen LogP) is 4.62. The maximum absolute atomic E-state index is 13.0. The van der Waals surface area contributed by atoms with Crippen LogP contribution in [0.4, 0.5) is 11.5 Å².